The maximum atomic E-state index is 11.3. The molecule has 2 aromatic rings. The van der Waals surface area contributed by atoms with Crippen LogP contribution in [-0.2, 0) is 4.79 Å². The van der Waals surface area contributed by atoms with E-state index in [0.29, 0.717) is 0 Å². The minimum absolute atomic E-state index is 0.140. The molecule has 0 atom stereocenters. The number of phenolic OH excluding ortho intramolecular Hbond substituents is 1. The van der Waals surface area contributed by atoms with Gasteiger partial charge in [0.25, 0.3) is 0 Å². The molecule has 1 heterocycles. The number of ether oxygens (including phenoxy) is 1. The summed E-state index contributed by atoms with van der Waals surface area (Å²) in [4.78, 5) is 13.2. The average molecular weight is 311 g/mol. The van der Waals surface area contributed by atoms with Crippen molar-refractivity contribution in [1.29, 1.82) is 0 Å². The number of phenols is 1. The van der Waals surface area contributed by atoms with E-state index in [1.54, 1.807) is 19.1 Å². The molecule has 0 aliphatic carbocycles. The lowest BCUT2D eigenvalue weighted by Gasteiger charge is -2.31. The highest BCUT2D eigenvalue weighted by atomic mass is 16.5. The lowest BCUT2D eigenvalue weighted by molar-refractivity contribution is -0.130. The third kappa shape index (κ3) is 3.83. The number of amides is 1. The summed E-state index contributed by atoms with van der Waals surface area (Å²) in [5, 5.41) is 9.34. The predicted octanol–water partition coefficient (Wildman–Crippen LogP) is 3.45. The van der Waals surface area contributed by atoms with Gasteiger partial charge in [-0.2, -0.15) is 0 Å². The van der Waals surface area contributed by atoms with Crippen LogP contribution in [0.3, 0.4) is 0 Å². The normalized spacial score (nSPS) is 15.4. The fourth-order valence-electron chi connectivity index (χ4n) is 2.86. The van der Waals surface area contributed by atoms with Crippen molar-refractivity contribution in [2.45, 2.75) is 25.9 Å². The minimum Gasteiger partial charge on any atom is -0.508 e. The van der Waals surface area contributed by atoms with Gasteiger partial charge in [-0.05, 0) is 35.4 Å². The van der Waals surface area contributed by atoms with Gasteiger partial charge >= 0.3 is 0 Å². The lowest BCUT2D eigenvalue weighted by Crippen LogP contribution is -2.40. The van der Waals surface area contributed by atoms with Crippen LogP contribution in [0.1, 0.15) is 19.8 Å². The van der Waals surface area contributed by atoms with Crippen molar-refractivity contribution in [3.8, 4) is 22.6 Å². The average Bonchev–Trinajstić information content (AvgIpc) is 2.57. The number of rotatable bonds is 3. The van der Waals surface area contributed by atoms with Gasteiger partial charge in [-0.1, -0.05) is 24.3 Å². The fourth-order valence-corrected chi connectivity index (χ4v) is 2.86. The van der Waals surface area contributed by atoms with Gasteiger partial charge in [0.1, 0.15) is 17.6 Å². The Kier molecular flexibility index (Phi) is 4.51. The zero-order valence-electron chi connectivity index (χ0n) is 13.2. The largest absolute Gasteiger partial charge is 0.508 e. The smallest absolute Gasteiger partial charge is 0.219 e. The Morgan fingerprint density at radius 1 is 1.00 bits per heavy atom. The Bertz CT molecular complexity index is 656. The molecule has 4 nitrogen and oxygen atoms in total. The number of likely N-dealkylation sites (tertiary alicyclic amines) is 1. The molecule has 0 spiro atoms. The van der Waals surface area contributed by atoms with E-state index < -0.39 is 0 Å². The number of aromatic hydroxyl groups is 1. The van der Waals surface area contributed by atoms with Crippen LogP contribution in [0, 0.1) is 0 Å². The topological polar surface area (TPSA) is 49.8 Å². The maximum Gasteiger partial charge on any atom is 0.219 e. The molecule has 1 aliphatic rings. The van der Waals surface area contributed by atoms with E-state index in [0.717, 1.165) is 42.8 Å². The first kappa shape index (κ1) is 15.4. The molecule has 0 bridgehead atoms. The van der Waals surface area contributed by atoms with E-state index in [9.17, 15) is 9.90 Å². The number of piperidine rings is 1. The van der Waals surface area contributed by atoms with Crippen molar-refractivity contribution in [2.24, 2.45) is 0 Å². The van der Waals surface area contributed by atoms with Gasteiger partial charge in [0.2, 0.25) is 5.91 Å². The highest BCUT2D eigenvalue weighted by Gasteiger charge is 2.21. The molecular formula is C19H21NO3. The quantitative estimate of drug-likeness (QED) is 0.944. The first-order valence-corrected chi connectivity index (χ1v) is 7.93. The molecule has 120 valence electrons. The summed E-state index contributed by atoms with van der Waals surface area (Å²) >= 11 is 0. The minimum atomic E-state index is 0.140. The number of nitrogens with zero attached hydrogens (tertiary/aromatic N) is 1. The Morgan fingerprint density at radius 3 is 2.04 bits per heavy atom. The first-order chi connectivity index (χ1) is 11.1. The Balaban J connectivity index is 1.60. The molecule has 1 aliphatic heterocycles. The van der Waals surface area contributed by atoms with Crippen LogP contribution in [0.5, 0.6) is 11.5 Å². The van der Waals surface area contributed by atoms with Gasteiger partial charge in [-0.3, -0.25) is 4.79 Å². The van der Waals surface area contributed by atoms with E-state index in [2.05, 4.69) is 0 Å². The Hall–Kier alpha value is -2.49. The van der Waals surface area contributed by atoms with Crippen LogP contribution < -0.4 is 4.74 Å². The van der Waals surface area contributed by atoms with Crippen molar-refractivity contribution >= 4 is 5.91 Å². The molecule has 23 heavy (non-hydrogen) atoms. The van der Waals surface area contributed by atoms with Crippen LogP contribution in [0.25, 0.3) is 11.1 Å². The van der Waals surface area contributed by atoms with Gasteiger partial charge in [-0.25, -0.2) is 0 Å². The van der Waals surface area contributed by atoms with Crippen LogP contribution in [0.15, 0.2) is 48.5 Å². The number of hydrogen-bond acceptors (Lipinski definition) is 3. The van der Waals surface area contributed by atoms with Crippen LogP contribution in [0.2, 0.25) is 0 Å². The van der Waals surface area contributed by atoms with Crippen molar-refractivity contribution < 1.29 is 14.6 Å². The third-order valence-electron chi connectivity index (χ3n) is 4.25. The number of hydrogen-bond donors (Lipinski definition) is 1. The summed E-state index contributed by atoms with van der Waals surface area (Å²) in [6, 6.07) is 15.1. The van der Waals surface area contributed by atoms with E-state index in [1.165, 1.54) is 0 Å². The second-order valence-electron chi connectivity index (χ2n) is 5.89. The summed E-state index contributed by atoms with van der Waals surface area (Å²) in [5.74, 6) is 1.26. The summed E-state index contributed by atoms with van der Waals surface area (Å²) in [5.41, 5.74) is 2.15. The van der Waals surface area contributed by atoms with Gasteiger partial charge in [0.15, 0.2) is 0 Å². The SMILES string of the molecule is CC(=O)N1CCC(Oc2ccc(-c3ccc(O)cc3)cc2)CC1. The summed E-state index contributed by atoms with van der Waals surface area (Å²) in [6.45, 7) is 3.15. The summed E-state index contributed by atoms with van der Waals surface area (Å²) in [7, 11) is 0. The van der Waals surface area contributed by atoms with Crippen molar-refractivity contribution in [3.05, 3.63) is 48.5 Å². The Labute approximate surface area is 136 Å². The zero-order chi connectivity index (χ0) is 16.2. The van der Waals surface area contributed by atoms with Crippen LogP contribution >= 0.6 is 0 Å². The van der Waals surface area contributed by atoms with Crippen molar-refractivity contribution in [3.63, 3.8) is 0 Å². The first-order valence-electron chi connectivity index (χ1n) is 7.93. The van der Waals surface area contributed by atoms with Crippen LogP contribution in [-0.4, -0.2) is 35.1 Å². The molecule has 1 saturated heterocycles. The molecule has 1 fully saturated rings. The number of benzene rings is 2. The molecule has 0 radical (unpaired) electrons. The molecular weight excluding hydrogens is 290 g/mol. The van der Waals surface area contributed by atoms with Crippen LogP contribution in [0.4, 0.5) is 0 Å². The molecule has 4 heteroatoms. The number of carbonyl (C=O) groups is 1. The maximum absolute atomic E-state index is 11.3. The van der Waals surface area contributed by atoms with Crippen molar-refractivity contribution in [1.82, 2.24) is 4.90 Å². The van der Waals surface area contributed by atoms with Gasteiger partial charge in [-0.15, -0.1) is 0 Å². The van der Waals surface area contributed by atoms with E-state index in [1.807, 2.05) is 41.3 Å². The van der Waals surface area contributed by atoms with E-state index in [-0.39, 0.29) is 17.8 Å². The highest BCUT2D eigenvalue weighted by molar-refractivity contribution is 5.73. The highest BCUT2D eigenvalue weighted by Crippen LogP contribution is 2.25. The Morgan fingerprint density at radius 2 is 1.52 bits per heavy atom. The predicted molar refractivity (Wildman–Crippen MR) is 89.4 cm³/mol. The molecule has 1 amide bonds. The van der Waals surface area contributed by atoms with Gasteiger partial charge in [0.05, 0.1) is 0 Å². The van der Waals surface area contributed by atoms with Gasteiger partial charge in [0, 0.05) is 32.9 Å². The van der Waals surface area contributed by atoms with Gasteiger partial charge < -0.3 is 14.7 Å². The summed E-state index contributed by atoms with van der Waals surface area (Å²) in [6.07, 6.45) is 1.92. The third-order valence-corrected chi connectivity index (χ3v) is 4.25. The zero-order valence-corrected chi connectivity index (χ0v) is 13.2. The second-order valence-corrected chi connectivity index (χ2v) is 5.89. The molecule has 1 N–H and O–H groups in total. The van der Waals surface area contributed by atoms with E-state index >= 15 is 0 Å². The standard InChI is InChI=1S/C19H21NO3/c1-14(21)20-12-10-19(11-13-20)23-18-8-4-16(5-9-18)15-2-6-17(22)7-3-15/h2-9,19,22H,10-13H2,1H3. The molecule has 0 aromatic heterocycles. The monoisotopic (exact) mass is 311 g/mol. The van der Waals surface area contributed by atoms with Crippen molar-refractivity contribution in [2.75, 3.05) is 13.1 Å². The molecule has 3 rings (SSSR count). The number of carbonyl (C=O) groups excluding carboxylic acids is 1. The lowest BCUT2D eigenvalue weighted by atomic mass is 10.1. The second kappa shape index (κ2) is 6.73. The summed E-state index contributed by atoms with van der Waals surface area (Å²) < 4.78 is 6.02. The van der Waals surface area contributed by atoms with E-state index in [4.69, 9.17) is 4.74 Å². The molecule has 0 unspecified atom stereocenters. The molecule has 2 aromatic carbocycles. The molecule has 0 saturated carbocycles. The fraction of sp³-hybridized carbons (Fsp3) is 0.316.